The van der Waals surface area contributed by atoms with E-state index in [1.807, 2.05) is 0 Å². The summed E-state index contributed by atoms with van der Waals surface area (Å²) in [4.78, 5) is 11.6. The van der Waals surface area contributed by atoms with Crippen LogP contribution in [0.1, 0.15) is 117 Å². The van der Waals surface area contributed by atoms with Crippen LogP contribution in [0.25, 0.3) is 0 Å². The highest BCUT2D eigenvalue weighted by Gasteiger charge is 2.51. The quantitative estimate of drug-likeness (QED) is 0.0501. The van der Waals surface area contributed by atoms with E-state index < -0.39 is 0 Å². The van der Waals surface area contributed by atoms with Gasteiger partial charge >= 0.3 is 5.97 Å². The Bertz CT molecular complexity index is 797. The van der Waals surface area contributed by atoms with E-state index in [1.54, 1.807) is 0 Å². The lowest BCUT2D eigenvalue weighted by Gasteiger charge is -2.30. The number of ether oxygens (including phenoxy) is 6. The Morgan fingerprint density at radius 2 is 1.76 bits per heavy atom. The average Bonchev–Trinajstić information content (AvgIpc) is 3.55. The van der Waals surface area contributed by atoms with Crippen LogP contribution in [0.3, 0.4) is 0 Å². The molecular formula is C34H57IO7. The average molecular weight is 705 g/mol. The molecule has 4 fully saturated rings. The minimum Gasteiger partial charge on any atom is -0.469 e. The van der Waals surface area contributed by atoms with Gasteiger partial charge in [-0.1, -0.05) is 74.3 Å². The van der Waals surface area contributed by atoms with Crippen LogP contribution >= 0.6 is 22.6 Å². The summed E-state index contributed by atoms with van der Waals surface area (Å²) in [6, 6.07) is 0. The third kappa shape index (κ3) is 11.0. The molecule has 0 aromatic rings. The Balaban J connectivity index is 1.42. The molecule has 0 spiro atoms. The number of methoxy groups -OCH3 is 1. The fourth-order valence-corrected chi connectivity index (χ4v) is 8.09. The molecule has 0 aromatic carbocycles. The van der Waals surface area contributed by atoms with E-state index in [0.717, 1.165) is 71.0 Å². The molecule has 0 bridgehead atoms. The zero-order valence-corrected chi connectivity index (χ0v) is 28.5. The maximum absolute atomic E-state index is 11.6. The highest BCUT2D eigenvalue weighted by Crippen LogP contribution is 2.48. The van der Waals surface area contributed by atoms with E-state index >= 15 is 0 Å². The van der Waals surface area contributed by atoms with Crippen LogP contribution in [-0.2, 0) is 33.2 Å². The zero-order valence-electron chi connectivity index (χ0n) is 26.4. The van der Waals surface area contributed by atoms with Gasteiger partial charge in [0.15, 0.2) is 12.6 Å². The Labute approximate surface area is 268 Å². The van der Waals surface area contributed by atoms with Crippen molar-refractivity contribution in [2.45, 2.75) is 158 Å². The Kier molecular flexibility index (Phi) is 15.4. The fraction of sp³-hybridized carbons (Fsp3) is 0.912. The molecule has 0 amide bonds. The lowest BCUT2D eigenvalue weighted by Crippen LogP contribution is -2.32. The van der Waals surface area contributed by atoms with E-state index in [2.05, 4.69) is 48.6 Å². The number of carbonyl (C=O) groups excluding carboxylic acids is 1. The van der Waals surface area contributed by atoms with Gasteiger partial charge in [-0.3, -0.25) is 4.79 Å². The number of halogens is 1. The van der Waals surface area contributed by atoms with Gasteiger partial charge in [0.2, 0.25) is 0 Å². The topological polar surface area (TPSA) is 72.5 Å². The monoisotopic (exact) mass is 704 g/mol. The zero-order chi connectivity index (χ0) is 29.7. The van der Waals surface area contributed by atoms with Crippen molar-refractivity contribution in [3.8, 4) is 0 Å². The minimum absolute atomic E-state index is 0.0455. The molecule has 4 aliphatic rings. The molecule has 4 rings (SSSR count). The van der Waals surface area contributed by atoms with Crippen molar-refractivity contribution in [1.82, 2.24) is 0 Å². The third-order valence-corrected chi connectivity index (χ3v) is 11.0. The standard InChI is InChI=1S/C34H57IO7/c1-4-5-6-12-24(2)21-25(40-33-15-7-9-19-38-33)17-18-26-27-22-31(28(35)13-11-14-32(36)37-3)41-30(27)23-29(26)42-34-16-8-10-20-39-34/h17-18,24-31,33-34H,4-16,19-23H2,1-3H3/b18-17+/t24-,25+,26+,27+,28?,29+,30+,31?,33?,34?/m0/s1. The Hall–Kier alpha value is -0.260. The molecule has 3 saturated heterocycles. The summed E-state index contributed by atoms with van der Waals surface area (Å²) in [7, 11) is 1.46. The number of esters is 1. The van der Waals surface area contributed by atoms with Crippen molar-refractivity contribution in [3.63, 3.8) is 0 Å². The smallest absolute Gasteiger partial charge is 0.305 e. The molecule has 0 aromatic heterocycles. The van der Waals surface area contributed by atoms with Gasteiger partial charge in [0.25, 0.3) is 0 Å². The van der Waals surface area contributed by atoms with Crippen molar-refractivity contribution in [2.24, 2.45) is 17.8 Å². The minimum atomic E-state index is -0.131. The summed E-state index contributed by atoms with van der Waals surface area (Å²) in [5.41, 5.74) is 0. The molecule has 3 aliphatic heterocycles. The molecular weight excluding hydrogens is 647 g/mol. The first-order chi connectivity index (χ1) is 20.5. The third-order valence-electron chi connectivity index (χ3n) is 9.62. The number of rotatable bonds is 17. The largest absolute Gasteiger partial charge is 0.469 e. The highest BCUT2D eigenvalue weighted by molar-refractivity contribution is 14.1. The summed E-state index contributed by atoms with van der Waals surface area (Å²) in [6.45, 7) is 6.23. The Morgan fingerprint density at radius 3 is 2.45 bits per heavy atom. The molecule has 42 heavy (non-hydrogen) atoms. The molecule has 0 N–H and O–H groups in total. The summed E-state index contributed by atoms with van der Waals surface area (Å²) < 4.78 is 37.2. The number of unbranched alkanes of at least 4 members (excludes halogenated alkanes) is 2. The van der Waals surface area contributed by atoms with Crippen molar-refractivity contribution in [3.05, 3.63) is 12.2 Å². The lowest BCUT2D eigenvalue weighted by atomic mass is 9.88. The number of hydrogen-bond donors (Lipinski definition) is 0. The molecule has 10 atom stereocenters. The predicted molar refractivity (Wildman–Crippen MR) is 173 cm³/mol. The van der Waals surface area contributed by atoms with E-state index in [4.69, 9.17) is 28.4 Å². The van der Waals surface area contributed by atoms with Crippen LogP contribution < -0.4 is 0 Å². The predicted octanol–water partition coefficient (Wildman–Crippen LogP) is 7.91. The second-order valence-electron chi connectivity index (χ2n) is 13.1. The van der Waals surface area contributed by atoms with Gasteiger partial charge in [-0.25, -0.2) is 0 Å². The lowest BCUT2D eigenvalue weighted by molar-refractivity contribution is -0.194. The van der Waals surface area contributed by atoms with Gasteiger partial charge in [0, 0.05) is 35.9 Å². The second-order valence-corrected chi connectivity index (χ2v) is 14.7. The number of hydrogen-bond acceptors (Lipinski definition) is 7. The van der Waals surface area contributed by atoms with E-state index in [1.165, 1.54) is 45.6 Å². The van der Waals surface area contributed by atoms with Crippen LogP contribution in [0.4, 0.5) is 0 Å². The number of carbonyl (C=O) groups is 1. The molecule has 4 unspecified atom stereocenters. The molecule has 242 valence electrons. The molecule has 1 aliphatic carbocycles. The maximum atomic E-state index is 11.6. The van der Waals surface area contributed by atoms with Crippen LogP contribution in [0.15, 0.2) is 12.2 Å². The van der Waals surface area contributed by atoms with Gasteiger partial charge in [-0.2, -0.15) is 0 Å². The maximum Gasteiger partial charge on any atom is 0.305 e. The van der Waals surface area contributed by atoms with Gasteiger partial charge in [0.1, 0.15) is 0 Å². The van der Waals surface area contributed by atoms with Crippen LogP contribution in [0.2, 0.25) is 0 Å². The SMILES string of the molecule is CCCCC[C@H](C)C[C@@H](/C=C/[C@@H]1[C@H]2CC(C(I)CCCC(=O)OC)O[C@@H]2C[C@H]1OC1CCCCO1)OC1CCCCO1. The fourth-order valence-electron chi connectivity index (χ4n) is 7.19. The normalized spacial score (nSPS) is 33.9. The van der Waals surface area contributed by atoms with E-state index in [0.29, 0.717) is 22.2 Å². The number of fused-ring (bicyclic) bond motifs is 1. The summed E-state index contributed by atoms with van der Waals surface area (Å²) in [6.07, 6.45) is 22.0. The first kappa shape index (κ1) is 34.6. The van der Waals surface area contributed by atoms with Gasteiger partial charge in [-0.15, -0.1) is 0 Å². The van der Waals surface area contributed by atoms with Crippen molar-refractivity contribution < 1.29 is 33.2 Å². The van der Waals surface area contributed by atoms with E-state index in [-0.39, 0.29) is 48.9 Å². The molecule has 7 nitrogen and oxygen atoms in total. The Morgan fingerprint density at radius 1 is 1.00 bits per heavy atom. The van der Waals surface area contributed by atoms with Crippen molar-refractivity contribution >= 4 is 28.6 Å². The molecule has 3 heterocycles. The van der Waals surface area contributed by atoms with Crippen LogP contribution in [0, 0.1) is 17.8 Å². The van der Waals surface area contributed by atoms with Gasteiger partial charge < -0.3 is 28.4 Å². The summed E-state index contributed by atoms with van der Waals surface area (Å²) in [5, 5.41) is 0. The number of alkyl halides is 1. The molecule has 1 saturated carbocycles. The van der Waals surface area contributed by atoms with Crippen LogP contribution in [0.5, 0.6) is 0 Å². The molecule has 8 heteroatoms. The first-order valence-electron chi connectivity index (χ1n) is 17.1. The van der Waals surface area contributed by atoms with Gasteiger partial charge in [-0.05, 0) is 76.0 Å². The second kappa shape index (κ2) is 18.6. The first-order valence-corrected chi connectivity index (χ1v) is 18.3. The summed E-state index contributed by atoms with van der Waals surface area (Å²) in [5.74, 6) is 1.18. The van der Waals surface area contributed by atoms with E-state index in [9.17, 15) is 4.79 Å². The van der Waals surface area contributed by atoms with Gasteiger partial charge in [0.05, 0.1) is 31.5 Å². The summed E-state index contributed by atoms with van der Waals surface area (Å²) >= 11 is 2.53. The van der Waals surface area contributed by atoms with Crippen molar-refractivity contribution in [2.75, 3.05) is 20.3 Å². The molecule has 0 radical (unpaired) electrons. The van der Waals surface area contributed by atoms with Crippen molar-refractivity contribution in [1.29, 1.82) is 0 Å². The highest BCUT2D eigenvalue weighted by atomic mass is 127. The van der Waals surface area contributed by atoms with Crippen LogP contribution in [-0.4, -0.2) is 67.2 Å².